The highest BCUT2D eigenvalue weighted by molar-refractivity contribution is 6.02. The minimum Gasteiger partial charge on any atom is -0.484 e. The lowest BCUT2D eigenvalue weighted by atomic mass is 9.90. The van der Waals surface area contributed by atoms with Crippen LogP contribution in [0.1, 0.15) is 36.0 Å². The van der Waals surface area contributed by atoms with E-state index in [0.717, 1.165) is 4.90 Å². The number of hydrogen-bond donors (Lipinski definition) is 2. The maximum Gasteiger partial charge on any atom is 0.324 e. The first-order chi connectivity index (χ1) is 14.0. The van der Waals surface area contributed by atoms with E-state index in [4.69, 9.17) is 4.74 Å². The number of fused-ring (bicyclic) bond motifs is 1. The molecule has 3 heterocycles. The number of nitrogens with zero attached hydrogens (tertiary/aromatic N) is 2. The molecule has 5 amide bonds. The number of amides is 5. The Hall–Kier alpha value is -3.10. The molecule has 1 spiro atoms. The second-order valence-electron chi connectivity index (χ2n) is 7.65. The molecule has 0 radical (unpaired) electrons. The zero-order valence-corrected chi connectivity index (χ0v) is 16.1. The van der Waals surface area contributed by atoms with Crippen LogP contribution < -0.4 is 15.4 Å². The van der Waals surface area contributed by atoms with Gasteiger partial charge >= 0.3 is 6.03 Å². The normalized spacial score (nSPS) is 20.6. The second kappa shape index (κ2) is 7.73. The van der Waals surface area contributed by atoms with Crippen LogP contribution in [0, 0.1) is 0 Å². The molecule has 1 aromatic carbocycles. The van der Waals surface area contributed by atoms with E-state index < -0.39 is 11.6 Å². The minimum absolute atomic E-state index is 0.00459. The Morgan fingerprint density at radius 2 is 1.86 bits per heavy atom. The van der Waals surface area contributed by atoms with Crippen LogP contribution in [0.15, 0.2) is 24.3 Å². The van der Waals surface area contributed by atoms with Crippen molar-refractivity contribution in [3.63, 3.8) is 0 Å². The first-order valence-corrected chi connectivity index (χ1v) is 9.90. The smallest absolute Gasteiger partial charge is 0.324 e. The van der Waals surface area contributed by atoms with E-state index in [9.17, 15) is 19.2 Å². The Kier molecular flexibility index (Phi) is 5.12. The molecule has 4 rings (SSSR count). The number of hydrogen-bond acceptors (Lipinski definition) is 5. The Morgan fingerprint density at radius 1 is 1.10 bits per heavy atom. The van der Waals surface area contributed by atoms with Gasteiger partial charge < -0.3 is 20.3 Å². The molecule has 0 aromatic heterocycles. The maximum atomic E-state index is 12.5. The number of ether oxygens (including phenoxy) is 1. The number of carbonyl (C=O) groups excluding carboxylic acids is 4. The van der Waals surface area contributed by atoms with Gasteiger partial charge in [0.1, 0.15) is 11.4 Å². The molecule has 9 nitrogen and oxygen atoms in total. The summed E-state index contributed by atoms with van der Waals surface area (Å²) in [6, 6.07) is 6.80. The molecule has 3 aliphatic rings. The number of para-hydroxylation sites is 1. The molecular formula is C20H24N4O5. The average Bonchev–Trinajstić information content (AvgIpc) is 2.97. The van der Waals surface area contributed by atoms with Gasteiger partial charge in [-0.2, -0.15) is 0 Å². The molecule has 0 unspecified atom stereocenters. The van der Waals surface area contributed by atoms with Crippen LogP contribution in [0.3, 0.4) is 0 Å². The summed E-state index contributed by atoms with van der Waals surface area (Å²) >= 11 is 0. The third-order valence-corrected chi connectivity index (χ3v) is 5.77. The molecule has 0 atom stereocenters. The zero-order chi connectivity index (χ0) is 20.4. The lowest BCUT2D eigenvalue weighted by molar-refractivity contribution is -0.135. The summed E-state index contributed by atoms with van der Waals surface area (Å²) in [6.07, 6.45) is 1.98. The summed E-state index contributed by atoms with van der Waals surface area (Å²) in [7, 11) is 0. The van der Waals surface area contributed by atoms with Gasteiger partial charge in [-0.3, -0.25) is 19.3 Å². The topological polar surface area (TPSA) is 108 Å². The van der Waals surface area contributed by atoms with Crippen molar-refractivity contribution < 1.29 is 23.9 Å². The van der Waals surface area contributed by atoms with Crippen molar-refractivity contribution in [3.8, 4) is 5.75 Å². The standard InChI is InChI=1S/C20H24N4O5/c25-16(6-3-9-24-17(26)12-21-19(24)28)23-10-7-20(8-11-23)13-22-18(27)14-4-1-2-5-15(14)29-20/h1-2,4-5H,3,6-13H2,(H,21,28)(H,22,27). The second-order valence-corrected chi connectivity index (χ2v) is 7.65. The fourth-order valence-electron chi connectivity index (χ4n) is 4.02. The molecule has 1 aromatic rings. The van der Waals surface area contributed by atoms with Gasteiger partial charge in [-0.1, -0.05) is 12.1 Å². The number of carbonyl (C=O) groups is 4. The van der Waals surface area contributed by atoms with Crippen LogP contribution in [0.4, 0.5) is 4.79 Å². The quantitative estimate of drug-likeness (QED) is 0.716. The lowest BCUT2D eigenvalue weighted by Gasteiger charge is -2.41. The third-order valence-electron chi connectivity index (χ3n) is 5.77. The van der Waals surface area contributed by atoms with E-state index in [0.29, 0.717) is 50.2 Å². The van der Waals surface area contributed by atoms with Gasteiger partial charge in [0.25, 0.3) is 5.91 Å². The van der Waals surface area contributed by atoms with Gasteiger partial charge in [-0.05, 0) is 18.6 Å². The maximum absolute atomic E-state index is 12.5. The van der Waals surface area contributed by atoms with E-state index in [1.807, 2.05) is 6.07 Å². The van der Waals surface area contributed by atoms with Crippen molar-refractivity contribution >= 4 is 23.8 Å². The highest BCUT2D eigenvalue weighted by Crippen LogP contribution is 2.33. The van der Waals surface area contributed by atoms with Crippen LogP contribution in [0.5, 0.6) is 5.75 Å². The van der Waals surface area contributed by atoms with E-state index in [1.165, 1.54) is 0 Å². The van der Waals surface area contributed by atoms with Crippen LogP contribution in [0.2, 0.25) is 0 Å². The SMILES string of the molecule is O=C1NCC2(CCN(C(=O)CCCN3C(=O)CNC3=O)CC2)Oc2ccccc21. The Bertz CT molecular complexity index is 831. The highest BCUT2D eigenvalue weighted by atomic mass is 16.5. The molecule has 2 fully saturated rings. The Labute approximate surface area is 168 Å². The van der Waals surface area contributed by atoms with E-state index in [-0.39, 0.29) is 37.2 Å². The molecular weight excluding hydrogens is 376 g/mol. The van der Waals surface area contributed by atoms with Gasteiger partial charge in [0, 0.05) is 38.9 Å². The van der Waals surface area contributed by atoms with Gasteiger partial charge in [0.2, 0.25) is 11.8 Å². The van der Waals surface area contributed by atoms with Crippen LogP contribution >= 0.6 is 0 Å². The van der Waals surface area contributed by atoms with Crippen molar-refractivity contribution in [1.82, 2.24) is 20.4 Å². The molecule has 0 bridgehead atoms. The summed E-state index contributed by atoms with van der Waals surface area (Å²) < 4.78 is 6.25. The highest BCUT2D eigenvalue weighted by Gasteiger charge is 2.40. The predicted octanol–water partition coefficient (Wildman–Crippen LogP) is 0.502. The molecule has 154 valence electrons. The Morgan fingerprint density at radius 3 is 2.59 bits per heavy atom. The van der Waals surface area contributed by atoms with Gasteiger partial charge in [-0.25, -0.2) is 4.79 Å². The average molecular weight is 400 g/mol. The molecule has 29 heavy (non-hydrogen) atoms. The monoisotopic (exact) mass is 400 g/mol. The number of nitrogens with one attached hydrogen (secondary N) is 2. The first kappa shape index (κ1) is 19.2. The van der Waals surface area contributed by atoms with Gasteiger partial charge in [0.15, 0.2) is 0 Å². The van der Waals surface area contributed by atoms with Gasteiger partial charge in [0.05, 0.1) is 18.7 Å². The van der Waals surface area contributed by atoms with E-state index >= 15 is 0 Å². The van der Waals surface area contributed by atoms with E-state index in [1.54, 1.807) is 23.1 Å². The van der Waals surface area contributed by atoms with Crippen molar-refractivity contribution in [2.75, 3.05) is 32.7 Å². The minimum atomic E-state index is -0.515. The number of piperidine rings is 1. The summed E-state index contributed by atoms with van der Waals surface area (Å²) in [6.45, 7) is 1.77. The zero-order valence-electron chi connectivity index (χ0n) is 16.1. The predicted molar refractivity (Wildman–Crippen MR) is 102 cm³/mol. The Balaban J connectivity index is 1.30. The number of rotatable bonds is 4. The number of likely N-dealkylation sites (tertiary alicyclic amines) is 1. The lowest BCUT2D eigenvalue weighted by Crippen LogP contribution is -2.54. The van der Waals surface area contributed by atoms with Crippen molar-refractivity contribution in [3.05, 3.63) is 29.8 Å². The molecule has 2 saturated heterocycles. The fourth-order valence-corrected chi connectivity index (χ4v) is 4.02. The van der Waals surface area contributed by atoms with Crippen molar-refractivity contribution in [1.29, 1.82) is 0 Å². The van der Waals surface area contributed by atoms with Crippen molar-refractivity contribution in [2.24, 2.45) is 0 Å². The largest absolute Gasteiger partial charge is 0.484 e. The van der Waals surface area contributed by atoms with Gasteiger partial charge in [-0.15, -0.1) is 0 Å². The molecule has 0 saturated carbocycles. The molecule has 2 N–H and O–H groups in total. The first-order valence-electron chi connectivity index (χ1n) is 9.90. The number of imide groups is 1. The molecule has 9 heteroatoms. The number of benzene rings is 1. The third kappa shape index (κ3) is 3.90. The summed E-state index contributed by atoms with van der Waals surface area (Å²) in [5.74, 6) is 0.187. The summed E-state index contributed by atoms with van der Waals surface area (Å²) in [4.78, 5) is 50.8. The van der Waals surface area contributed by atoms with Crippen LogP contribution in [0.25, 0.3) is 0 Å². The molecule has 3 aliphatic heterocycles. The van der Waals surface area contributed by atoms with Crippen LogP contribution in [-0.2, 0) is 9.59 Å². The van der Waals surface area contributed by atoms with Crippen LogP contribution in [-0.4, -0.2) is 71.9 Å². The van der Waals surface area contributed by atoms with Crippen molar-refractivity contribution in [2.45, 2.75) is 31.3 Å². The molecule has 0 aliphatic carbocycles. The van der Waals surface area contributed by atoms with E-state index in [2.05, 4.69) is 10.6 Å². The summed E-state index contributed by atoms with van der Waals surface area (Å²) in [5, 5.41) is 5.40. The summed E-state index contributed by atoms with van der Waals surface area (Å²) in [5.41, 5.74) is 0.0161. The number of urea groups is 1. The fraction of sp³-hybridized carbons (Fsp3) is 0.500.